The SMILES string of the molecule is C#CCCC(C)Cc1ccccc1.C=C1CCC[C@H](F)CC1.CCCC.[HH]. The Kier molecular flexibility index (Phi) is 15.9. The van der Waals surface area contributed by atoms with Crippen LogP contribution >= 0.6 is 0 Å². The molecular weight excluding hydrogens is 319 g/mol. The van der Waals surface area contributed by atoms with Gasteiger partial charge >= 0.3 is 0 Å². The topological polar surface area (TPSA) is 0 Å². The van der Waals surface area contributed by atoms with E-state index < -0.39 is 6.17 Å². The van der Waals surface area contributed by atoms with Gasteiger partial charge in [0.2, 0.25) is 0 Å². The summed E-state index contributed by atoms with van der Waals surface area (Å²) in [5, 5.41) is 0. The lowest BCUT2D eigenvalue weighted by atomic mass is 9.97. The number of unbranched alkanes of at least 4 members (excludes halogenated alkanes) is 1. The maximum absolute atomic E-state index is 12.6. The largest absolute Gasteiger partial charge is 0.247 e. The quantitative estimate of drug-likeness (QED) is 0.282. The van der Waals surface area contributed by atoms with Crippen molar-refractivity contribution in [1.82, 2.24) is 0 Å². The summed E-state index contributed by atoms with van der Waals surface area (Å²) in [6.45, 7) is 10.5. The summed E-state index contributed by atoms with van der Waals surface area (Å²) in [7, 11) is 0. The third-order valence-electron chi connectivity index (χ3n) is 4.57. The molecule has 0 heterocycles. The predicted octanol–water partition coefficient (Wildman–Crippen LogP) is 8.18. The van der Waals surface area contributed by atoms with E-state index in [1.54, 1.807) is 0 Å². The van der Waals surface area contributed by atoms with Gasteiger partial charge < -0.3 is 0 Å². The van der Waals surface area contributed by atoms with Gasteiger partial charge in [-0.05, 0) is 56.4 Å². The maximum Gasteiger partial charge on any atom is 0.100 e. The lowest BCUT2D eigenvalue weighted by Crippen LogP contribution is -1.98. The number of terminal acetylenes is 1. The van der Waals surface area contributed by atoms with Crippen molar-refractivity contribution in [2.24, 2.45) is 5.92 Å². The van der Waals surface area contributed by atoms with Crippen LogP contribution < -0.4 is 0 Å². The molecule has 0 radical (unpaired) electrons. The maximum atomic E-state index is 12.6. The van der Waals surface area contributed by atoms with Crippen molar-refractivity contribution in [2.75, 3.05) is 0 Å². The molecule has 0 bridgehead atoms. The van der Waals surface area contributed by atoms with Crippen LogP contribution in [0.1, 0.15) is 85.5 Å². The number of rotatable bonds is 5. The number of allylic oxidation sites excluding steroid dienone is 1. The predicted molar refractivity (Wildman–Crippen MR) is 117 cm³/mol. The van der Waals surface area contributed by atoms with E-state index in [2.05, 4.69) is 63.6 Å². The van der Waals surface area contributed by atoms with E-state index in [9.17, 15) is 4.39 Å². The van der Waals surface area contributed by atoms with E-state index in [-0.39, 0.29) is 1.43 Å². The second-order valence-corrected chi connectivity index (χ2v) is 7.32. The Labute approximate surface area is 163 Å². The van der Waals surface area contributed by atoms with Gasteiger partial charge in [-0.15, -0.1) is 12.3 Å². The minimum atomic E-state index is -0.552. The van der Waals surface area contributed by atoms with Crippen molar-refractivity contribution in [2.45, 2.75) is 91.2 Å². The summed E-state index contributed by atoms with van der Waals surface area (Å²) >= 11 is 0. The molecule has 26 heavy (non-hydrogen) atoms. The first-order valence-corrected chi connectivity index (χ1v) is 10.3. The highest BCUT2D eigenvalue weighted by Crippen LogP contribution is 2.22. The monoisotopic (exact) mass is 360 g/mol. The smallest absolute Gasteiger partial charge is 0.100 e. The average molecular weight is 361 g/mol. The molecule has 1 aromatic carbocycles. The van der Waals surface area contributed by atoms with Crippen LogP contribution in [-0.2, 0) is 6.42 Å². The molecule has 0 nitrogen and oxygen atoms in total. The highest BCUT2D eigenvalue weighted by atomic mass is 19.1. The van der Waals surface area contributed by atoms with Gasteiger partial charge in [-0.1, -0.05) is 76.1 Å². The fraction of sp³-hybridized carbons (Fsp3) is 0.600. The van der Waals surface area contributed by atoms with Crippen LogP contribution in [0.4, 0.5) is 4.39 Å². The van der Waals surface area contributed by atoms with Crippen molar-refractivity contribution in [3.8, 4) is 12.3 Å². The third kappa shape index (κ3) is 14.8. The highest BCUT2D eigenvalue weighted by molar-refractivity contribution is 5.15. The molecule has 0 saturated heterocycles. The lowest BCUT2D eigenvalue weighted by molar-refractivity contribution is 0.302. The van der Waals surface area contributed by atoms with Gasteiger partial charge in [-0.3, -0.25) is 0 Å². The molecule has 0 spiro atoms. The molecule has 1 fully saturated rings. The molecule has 0 amide bonds. The normalized spacial score (nSPS) is 17.5. The fourth-order valence-electron chi connectivity index (χ4n) is 2.65. The number of hydrogen-bond donors (Lipinski definition) is 0. The summed E-state index contributed by atoms with van der Waals surface area (Å²) in [4.78, 5) is 0. The second-order valence-electron chi connectivity index (χ2n) is 7.32. The van der Waals surface area contributed by atoms with Gasteiger partial charge in [-0.2, -0.15) is 0 Å². The zero-order chi connectivity index (χ0) is 19.6. The zero-order valence-electron chi connectivity index (χ0n) is 17.3. The fourth-order valence-corrected chi connectivity index (χ4v) is 2.65. The van der Waals surface area contributed by atoms with Crippen molar-refractivity contribution in [1.29, 1.82) is 0 Å². The number of benzene rings is 1. The summed E-state index contributed by atoms with van der Waals surface area (Å²) in [6, 6.07) is 10.6. The van der Waals surface area contributed by atoms with Crippen molar-refractivity contribution >= 4 is 0 Å². The van der Waals surface area contributed by atoms with Crippen LogP contribution in [0.3, 0.4) is 0 Å². The molecule has 1 aromatic rings. The third-order valence-corrected chi connectivity index (χ3v) is 4.57. The summed E-state index contributed by atoms with van der Waals surface area (Å²) < 4.78 is 12.6. The first-order chi connectivity index (χ1) is 12.5. The Balaban J connectivity index is 0. The Bertz CT molecular complexity index is 487. The molecular formula is C25H41F. The molecule has 1 unspecified atom stereocenters. The molecule has 1 aliphatic carbocycles. The molecule has 2 rings (SSSR count). The first kappa shape index (κ1) is 24.5. The molecule has 0 aromatic heterocycles. The van der Waals surface area contributed by atoms with Crippen LogP contribution in [0.25, 0.3) is 0 Å². The molecule has 1 heteroatoms. The highest BCUT2D eigenvalue weighted by Gasteiger charge is 2.11. The van der Waals surface area contributed by atoms with Crippen LogP contribution in [0.5, 0.6) is 0 Å². The summed E-state index contributed by atoms with van der Waals surface area (Å²) in [6.07, 6.45) is 14.9. The summed E-state index contributed by atoms with van der Waals surface area (Å²) in [5.41, 5.74) is 2.64. The Hall–Kier alpha value is -1.55. The number of halogens is 1. The van der Waals surface area contributed by atoms with Gasteiger partial charge in [0.15, 0.2) is 0 Å². The Morgan fingerprint density at radius 1 is 1.19 bits per heavy atom. The van der Waals surface area contributed by atoms with Crippen molar-refractivity contribution in [3.63, 3.8) is 0 Å². The first-order valence-electron chi connectivity index (χ1n) is 10.3. The molecule has 0 aliphatic heterocycles. The Morgan fingerprint density at radius 3 is 2.42 bits per heavy atom. The molecule has 1 aliphatic rings. The molecule has 1 saturated carbocycles. The molecule has 2 atom stereocenters. The van der Waals surface area contributed by atoms with E-state index >= 15 is 0 Å². The second kappa shape index (κ2) is 16.9. The minimum Gasteiger partial charge on any atom is -0.247 e. The standard InChI is InChI=1S/C13H16.C8H13F.C4H10.H2/c1-3-4-8-12(2)11-13-9-6-5-7-10-13;1-7-3-2-4-8(9)6-5-7;1-3-4-2;/h1,5-7,9-10,12H,4,8,11H2,2H3;8H,1-6H2;3-4H2,1-2H3;1H/t;8-;;/m.0../s1. The average Bonchev–Trinajstić information content (AvgIpc) is 2.85. The zero-order valence-corrected chi connectivity index (χ0v) is 17.3. The van der Waals surface area contributed by atoms with Crippen molar-refractivity contribution in [3.05, 3.63) is 48.0 Å². The molecule has 148 valence electrons. The molecule has 0 N–H and O–H groups in total. The van der Waals surface area contributed by atoms with Crippen LogP contribution in [-0.4, -0.2) is 6.17 Å². The van der Waals surface area contributed by atoms with E-state index in [0.29, 0.717) is 12.3 Å². The van der Waals surface area contributed by atoms with Crippen LogP contribution in [0, 0.1) is 18.3 Å². The minimum absolute atomic E-state index is 0. The lowest BCUT2D eigenvalue weighted by Gasteiger charge is -2.08. The van der Waals surface area contributed by atoms with E-state index in [4.69, 9.17) is 6.42 Å². The van der Waals surface area contributed by atoms with Gasteiger partial charge in [0, 0.05) is 7.85 Å². The van der Waals surface area contributed by atoms with Gasteiger partial charge in [-0.25, -0.2) is 4.39 Å². The summed E-state index contributed by atoms with van der Waals surface area (Å²) in [5.74, 6) is 3.38. The van der Waals surface area contributed by atoms with Gasteiger partial charge in [0.05, 0.1) is 0 Å². The number of alkyl halides is 1. The van der Waals surface area contributed by atoms with E-state index in [1.807, 2.05) is 0 Å². The van der Waals surface area contributed by atoms with Gasteiger partial charge in [0.25, 0.3) is 0 Å². The van der Waals surface area contributed by atoms with Gasteiger partial charge in [0.1, 0.15) is 6.17 Å². The van der Waals surface area contributed by atoms with E-state index in [1.165, 1.54) is 24.0 Å². The van der Waals surface area contributed by atoms with Crippen molar-refractivity contribution < 1.29 is 5.82 Å². The Morgan fingerprint density at radius 2 is 1.85 bits per heavy atom. The van der Waals surface area contributed by atoms with Crippen LogP contribution in [0.15, 0.2) is 42.5 Å². The van der Waals surface area contributed by atoms with E-state index in [0.717, 1.165) is 44.9 Å². The van der Waals surface area contributed by atoms with Crippen LogP contribution in [0.2, 0.25) is 0 Å². The number of hydrogen-bond acceptors (Lipinski definition) is 0.